The summed E-state index contributed by atoms with van der Waals surface area (Å²) in [6, 6.07) is 2.91. The molecule has 0 saturated heterocycles. The molecule has 1 aliphatic rings. The van der Waals surface area contributed by atoms with E-state index in [1.807, 2.05) is 0 Å². The molecular weight excluding hydrogens is 350 g/mol. The molecule has 3 rings (SSSR count). The summed E-state index contributed by atoms with van der Waals surface area (Å²) in [6.45, 7) is 0. The number of methoxy groups -OCH3 is 1. The third-order valence-corrected chi connectivity index (χ3v) is 5.03. The number of fused-ring (bicyclic) bond motifs is 1. The van der Waals surface area contributed by atoms with Gasteiger partial charge in [0.2, 0.25) is 6.29 Å². The summed E-state index contributed by atoms with van der Waals surface area (Å²) in [5, 5.41) is 32.0. The van der Waals surface area contributed by atoms with Gasteiger partial charge in [0.1, 0.15) is 11.3 Å². The van der Waals surface area contributed by atoms with E-state index in [4.69, 9.17) is 14.9 Å². The molecule has 0 bridgehead atoms. The molecule has 1 aromatic heterocycles. The van der Waals surface area contributed by atoms with Crippen LogP contribution in [0.25, 0.3) is 10.9 Å². The summed E-state index contributed by atoms with van der Waals surface area (Å²) < 4.78 is 34.2. The molecule has 1 aliphatic carbocycles. The molecule has 0 radical (unpaired) electrons. The molecule has 1 saturated carbocycles. The number of halogens is 2. The van der Waals surface area contributed by atoms with E-state index in [-0.39, 0.29) is 30.2 Å². The number of alkyl halides is 2. The Bertz CT molecular complexity index is 813. The fourth-order valence-corrected chi connectivity index (χ4v) is 3.53. The van der Waals surface area contributed by atoms with Gasteiger partial charge in [-0.3, -0.25) is 4.68 Å². The number of aromatic carboxylic acids is 1. The number of benzene rings is 1. The number of rotatable bonds is 5. The molecule has 142 valence electrons. The van der Waals surface area contributed by atoms with Crippen LogP contribution in [-0.4, -0.2) is 50.4 Å². The molecule has 1 heterocycles. The van der Waals surface area contributed by atoms with Gasteiger partial charge in [-0.2, -0.15) is 5.10 Å². The first-order valence-electron chi connectivity index (χ1n) is 8.28. The number of aromatic nitrogens is 2. The van der Waals surface area contributed by atoms with Crippen molar-refractivity contribution in [3.63, 3.8) is 0 Å². The lowest BCUT2D eigenvalue weighted by Crippen LogP contribution is -2.42. The summed E-state index contributed by atoms with van der Waals surface area (Å²) in [5.41, 5.74) is 0.588. The first kappa shape index (κ1) is 18.5. The van der Waals surface area contributed by atoms with E-state index >= 15 is 0 Å². The summed E-state index contributed by atoms with van der Waals surface area (Å²) in [6.07, 6.45) is 0.182. The molecule has 0 atom stereocenters. The highest BCUT2D eigenvalue weighted by Crippen LogP contribution is 2.41. The molecule has 0 amide bonds. The first-order chi connectivity index (χ1) is 12.2. The zero-order chi connectivity index (χ0) is 19.1. The summed E-state index contributed by atoms with van der Waals surface area (Å²) in [4.78, 5) is 11.3. The Morgan fingerprint density at radius 3 is 2.50 bits per heavy atom. The second-order valence-corrected chi connectivity index (χ2v) is 6.58. The topological polar surface area (TPSA) is 105 Å². The third kappa shape index (κ3) is 3.24. The van der Waals surface area contributed by atoms with Gasteiger partial charge >= 0.3 is 5.97 Å². The minimum absolute atomic E-state index is 0.0276. The average Bonchev–Trinajstić information content (AvgIpc) is 3.03. The fourth-order valence-electron chi connectivity index (χ4n) is 3.53. The molecular formula is C17H20F2N2O5. The predicted molar refractivity (Wildman–Crippen MR) is 87.4 cm³/mol. The Balaban J connectivity index is 1.81. The Kier molecular flexibility index (Phi) is 4.85. The van der Waals surface area contributed by atoms with Crippen LogP contribution in [0.2, 0.25) is 0 Å². The molecule has 7 nitrogen and oxygen atoms in total. The lowest BCUT2D eigenvalue weighted by atomic mass is 9.82. The van der Waals surface area contributed by atoms with Crippen molar-refractivity contribution < 1.29 is 33.6 Å². The minimum Gasteiger partial charge on any atom is -0.496 e. The average molecular weight is 370 g/mol. The molecule has 0 spiro atoms. The molecule has 9 heteroatoms. The lowest BCUT2D eigenvalue weighted by molar-refractivity contribution is -0.238. The quantitative estimate of drug-likeness (QED) is 0.698. The molecule has 0 aliphatic heterocycles. The van der Waals surface area contributed by atoms with Gasteiger partial charge in [-0.1, -0.05) is 0 Å². The second-order valence-electron chi connectivity index (χ2n) is 6.58. The van der Waals surface area contributed by atoms with Crippen LogP contribution in [0.4, 0.5) is 8.78 Å². The smallest absolute Gasteiger partial charge is 0.339 e. The Hall–Kier alpha value is -2.26. The largest absolute Gasteiger partial charge is 0.496 e. The number of aliphatic hydroxyl groups excluding tert-OH is 1. The van der Waals surface area contributed by atoms with Gasteiger partial charge in [-0.25, -0.2) is 13.6 Å². The summed E-state index contributed by atoms with van der Waals surface area (Å²) in [5.74, 6) is -5.51. The van der Waals surface area contributed by atoms with Crippen LogP contribution in [0.3, 0.4) is 0 Å². The van der Waals surface area contributed by atoms with Gasteiger partial charge in [-0.05, 0) is 31.7 Å². The highest BCUT2D eigenvalue weighted by atomic mass is 19.3. The van der Waals surface area contributed by atoms with E-state index < -0.39 is 24.1 Å². The lowest BCUT2D eigenvalue weighted by Gasteiger charge is -2.34. The van der Waals surface area contributed by atoms with E-state index in [0.717, 1.165) is 0 Å². The number of aliphatic hydroxyl groups is 2. The summed E-state index contributed by atoms with van der Waals surface area (Å²) in [7, 11) is 1.38. The van der Waals surface area contributed by atoms with Gasteiger partial charge in [0.05, 0.1) is 18.7 Å². The molecule has 2 aromatic rings. The SMILES string of the molecule is COc1cc2nn(C3CCC(C(F)(F)C(O)O)CC3)cc2cc1C(=O)O. The predicted octanol–water partition coefficient (Wildman–Crippen LogP) is 2.42. The Morgan fingerprint density at radius 1 is 1.31 bits per heavy atom. The molecule has 0 unspecified atom stereocenters. The van der Waals surface area contributed by atoms with Crippen molar-refractivity contribution in [3.05, 3.63) is 23.9 Å². The van der Waals surface area contributed by atoms with Crippen molar-refractivity contribution in [2.75, 3.05) is 7.11 Å². The summed E-state index contributed by atoms with van der Waals surface area (Å²) >= 11 is 0. The van der Waals surface area contributed by atoms with Crippen LogP contribution in [0.15, 0.2) is 18.3 Å². The maximum absolute atomic E-state index is 13.7. The van der Waals surface area contributed by atoms with Crippen molar-refractivity contribution in [2.24, 2.45) is 5.92 Å². The van der Waals surface area contributed by atoms with E-state index in [2.05, 4.69) is 5.10 Å². The highest BCUT2D eigenvalue weighted by Gasteiger charge is 2.47. The van der Waals surface area contributed by atoms with Gasteiger partial charge in [0.15, 0.2) is 0 Å². The monoisotopic (exact) mass is 370 g/mol. The van der Waals surface area contributed by atoms with Crippen LogP contribution in [-0.2, 0) is 0 Å². The number of carbonyl (C=O) groups is 1. The van der Waals surface area contributed by atoms with Crippen molar-refractivity contribution in [1.29, 1.82) is 0 Å². The molecule has 3 N–H and O–H groups in total. The maximum Gasteiger partial charge on any atom is 0.339 e. The van der Waals surface area contributed by atoms with Crippen LogP contribution in [0.5, 0.6) is 5.75 Å². The van der Waals surface area contributed by atoms with Crippen LogP contribution < -0.4 is 4.74 Å². The third-order valence-electron chi connectivity index (χ3n) is 5.03. The number of ether oxygens (including phenoxy) is 1. The maximum atomic E-state index is 13.7. The second kappa shape index (κ2) is 6.81. The van der Waals surface area contributed by atoms with Gasteiger partial charge in [0, 0.05) is 23.6 Å². The van der Waals surface area contributed by atoms with E-state index in [9.17, 15) is 18.7 Å². The van der Waals surface area contributed by atoms with Gasteiger partial charge in [-0.15, -0.1) is 0 Å². The Labute approximate surface area is 147 Å². The number of hydrogen-bond donors (Lipinski definition) is 3. The molecule has 26 heavy (non-hydrogen) atoms. The minimum atomic E-state index is -3.52. The van der Waals surface area contributed by atoms with Gasteiger partial charge in [0.25, 0.3) is 5.92 Å². The van der Waals surface area contributed by atoms with Gasteiger partial charge < -0.3 is 20.1 Å². The molecule has 1 fully saturated rings. The zero-order valence-corrected chi connectivity index (χ0v) is 14.1. The Morgan fingerprint density at radius 2 is 1.96 bits per heavy atom. The van der Waals surface area contributed by atoms with Crippen LogP contribution in [0.1, 0.15) is 42.1 Å². The zero-order valence-electron chi connectivity index (χ0n) is 14.1. The number of carboxylic acid groups (broad SMARTS) is 1. The standard InChI is InChI=1S/C17H20F2N2O5/c1-26-14-7-13-9(6-12(14)15(22)23)8-21(20-13)11-4-2-10(3-5-11)17(18,19)16(24)25/h6-8,10-11,16,24-25H,2-5H2,1H3,(H,22,23). The van der Waals surface area contributed by atoms with E-state index in [1.54, 1.807) is 10.9 Å². The van der Waals surface area contributed by atoms with Crippen molar-refractivity contribution in [1.82, 2.24) is 9.78 Å². The highest BCUT2D eigenvalue weighted by molar-refractivity contribution is 5.96. The van der Waals surface area contributed by atoms with Crippen molar-refractivity contribution in [2.45, 2.75) is 43.9 Å². The van der Waals surface area contributed by atoms with Crippen LogP contribution in [0, 0.1) is 5.92 Å². The van der Waals surface area contributed by atoms with E-state index in [0.29, 0.717) is 23.7 Å². The number of hydrogen-bond acceptors (Lipinski definition) is 5. The number of nitrogens with zero attached hydrogens (tertiary/aromatic N) is 2. The fraction of sp³-hybridized carbons (Fsp3) is 0.529. The van der Waals surface area contributed by atoms with Crippen LogP contribution >= 0.6 is 0 Å². The van der Waals surface area contributed by atoms with E-state index in [1.165, 1.54) is 19.2 Å². The normalized spacial score (nSPS) is 21.3. The first-order valence-corrected chi connectivity index (χ1v) is 8.28. The molecule has 1 aromatic carbocycles. The van der Waals surface area contributed by atoms with Crippen molar-refractivity contribution in [3.8, 4) is 5.75 Å². The van der Waals surface area contributed by atoms with Crippen molar-refractivity contribution >= 4 is 16.9 Å². The number of carboxylic acids is 1.